The maximum Gasteiger partial charge on any atom is 0.261 e. The maximum absolute atomic E-state index is 13.0. The number of amides is 1. The van der Waals surface area contributed by atoms with Crippen LogP contribution in [-0.2, 0) is 6.61 Å². The molecule has 0 saturated heterocycles. The average Bonchev–Trinajstić information content (AvgIpc) is 3.11. The molecule has 1 saturated carbocycles. The summed E-state index contributed by atoms with van der Waals surface area (Å²) in [6.07, 6.45) is 2.15. The van der Waals surface area contributed by atoms with E-state index >= 15 is 0 Å². The molecular weight excluding hydrogens is 277 g/mol. The molecule has 1 fully saturated rings. The van der Waals surface area contributed by atoms with E-state index in [0.717, 1.165) is 18.4 Å². The van der Waals surface area contributed by atoms with Gasteiger partial charge in [0.15, 0.2) is 0 Å². The smallest absolute Gasteiger partial charge is 0.261 e. The fraction of sp³-hybridized carbons (Fsp3) is 0.267. The van der Waals surface area contributed by atoms with Crippen LogP contribution in [0.25, 0.3) is 0 Å². The minimum Gasteiger partial charge on any atom is -0.489 e. The lowest BCUT2D eigenvalue weighted by atomic mass is 10.3. The number of halogens is 1. The molecule has 5 heteroatoms. The Morgan fingerprint density at radius 1 is 1.40 bits per heavy atom. The van der Waals surface area contributed by atoms with Crippen molar-refractivity contribution in [3.63, 3.8) is 0 Å². The van der Waals surface area contributed by atoms with Crippen molar-refractivity contribution in [2.24, 2.45) is 0 Å². The largest absolute Gasteiger partial charge is 0.489 e. The second kappa shape index (κ2) is 5.63. The van der Waals surface area contributed by atoms with E-state index in [0.29, 0.717) is 23.3 Å². The fourth-order valence-corrected chi connectivity index (χ4v) is 2.58. The Morgan fingerprint density at radius 2 is 2.25 bits per heavy atom. The van der Waals surface area contributed by atoms with Crippen LogP contribution >= 0.6 is 11.3 Å². The van der Waals surface area contributed by atoms with Gasteiger partial charge >= 0.3 is 0 Å². The summed E-state index contributed by atoms with van der Waals surface area (Å²) in [5.74, 6) is 0.145. The molecule has 0 radical (unpaired) electrons. The van der Waals surface area contributed by atoms with E-state index < -0.39 is 0 Å². The molecule has 1 aromatic heterocycles. The highest BCUT2D eigenvalue weighted by Crippen LogP contribution is 2.22. The number of rotatable bonds is 5. The van der Waals surface area contributed by atoms with E-state index in [9.17, 15) is 9.18 Å². The highest BCUT2D eigenvalue weighted by Gasteiger charge is 2.24. The molecule has 3 rings (SSSR count). The summed E-state index contributed by atoms with van der Waals surface area (Å²) in [5, 5.41) is 4.84. The van der Waals surface area contributed by atoms with Gasteiger partial charge in [0.2, 0.25) is 0 Å². The van der Waals surface area contributed by atoms with Crippen LogP contribution in [0.1, 0.15) is 28.1 Å². The number of carbonyl (C=O) groups is 1. The molecule has 104 valence electrons. The third-order valence-electron chi connectivity index (χ3n) is 2.99. The number of hydrogen-bond donors (Lipinski definition) is 1. The Kier molecular flexibility index (Phi) is 3.69. The molecular formula is C15H14FNO2S. The lowest BCUT2D eigenvalue weighted by Gasteiger charge is -2.04. The molecule has 2 aromatic rings. The van der Waals surface area contributed by atoms with Gasteiger partial charge in [-0.2, -0.15) is 0 Å². The van der Waals surface area contributed by atoms with Crippen LogP contribution in [0.15, 0.2) is 35.7 Å². The van der Waals surface area contributed by atoms with Crippen molar-refractivity contribution in [3.05, 3.63) is 52.0 Å². The standard InChI is InChI=1S/C15H14FNO2S/c16-11-2-1-3-13(7-11)19-8-10-6-14(20-9-10)15(18)17-12-4-5-12/h1-3,6-7,9,12H,4-5,8H2,(H,17,18). The van der Waals surface area contributed by atoms with Gasteiger partial charge in [0.25, 0.3) is 5.91 Å². The zero-order valence-corrected chi connectivity index (χ0v) is 11.6. The second-order valence-corrected chi connectivity index (χ2v) is 5.72. The van der Waals surface area contributed by atoms with Crippen LogP contribution in [0.5, 0.6) is 5.75 Å². The predicted molar refractivity (Wildman–Crippen MR) is 75.5 cm³/mol. The second-order valence-electron chi connectivity index (χ2n) is 4.81. The van der Waals surface area contributed by atoms with Gasteiger partial charge in [0.1, 0.15) is 18.2 Å². The van der Waals surface area contributed by atoms with Crippen LogP contribution in [0.4, 0.5) is 4.39 Å². The molecule has 20 heavy (non-hydrogen) atoms. The lowest BCUT2D eigenvalue weighted by molar-refractivity contribution is 0.0955. The molecule has 0 atom stereocenters. The first-order chi connectivity index (χ1) is 9.70. The summed E-state index contributed by atoms with van der Waals surface area (Å²) in [4.78, 5) is 12.5. The lowest BCUT2D eigenvalue weighted by Crippen LogP contribution is -2.24. The summed E-state index contributed by atoms with van der Waals surface area (Å²) in [5.41, 5.74) is 0.917. The SMILES string of the molecule is O=C(NC1CC1)c1cc(COc2cccc(F)c2)cs1. The van der Waals surface area contributed by atoms with Crippen molar-refractivity contribution >= 4 is 17.2 Å². The van der Waals surface area contributed by atoms with E-state index in [1.165, 1.54) is 23.5 Å². The minimum absolute atomic E-state index is 0.0190. The molecule has 0 unspecified atom stereocenters. The first kappa shape index (κ1) is 13.1. The topological polar surface area (TPSA) is 38.3 Å². The van der Waals surface area contributed by atoms with Gasteiger partial charge in [0.05, 0.1) is 4.88 Å². The molecule has 1 aliphatic carbocycles. The average molecular weight is 291 g/mol. The third kappa shape index (κ3) is 3.36. The summed E-state index contributed by atoms with van der Waals surface area (Å²) in [6, 6.07) is 8.20. The molecule has 0 bridgehead atoms. The van der Waals surface area contributed by atoms with Crippen molar-refractivity contribution in [3.8, 4) is 5.75 Å². The maximum atomic E-state index is 13.0. The summed E-state index contributed by atoms with van der Waals surface area (Å²) >= 11 is 1.40. The van der Waals surface area contributed by atoms with Crippen LogP contribution in [-0.4, -0.2) is 11.9 Å². The summed E-state index contributed by atoms with van der Waals surface area (Å²) in [7, 11) is 0. The highest BCUT2D eigenvalue weighted by molar-refractivity contribution is 7.12. The van der Waals surface area contributed by atoms with Gasteiger partial charge in [-0.1, -0.05) is 6.07 Å². The molecule has 1 amide bonds. The van der Waals surface area contributed by atoms with E-state index in [2.05, 4.69) is 5.32 Å². The zero-order valence-electron chi connectivity index (χ0n) is 10.8. The summed E-state index contributed by atoms with van der Waals surface area (Å²) in [6.45, 7) is 0.330. The number of ether oxygens (including phenoxy) is 1. The Bertz CT molecular complexity index is 622. The molecule has 1 aliphatic rings. The first-order valence-electron chi connectivity index (χ1n) is 6.47. The van der Waals surface area contributed by atoms with Crippen LogP contribution in [0.2, 0.25) is 0 Å². The van der Waals surface area contributed by atoms with Gasteiger partial charge in [0, 0.05) is 17.7 Å². The van der Waals surface area contributed by atoms with E-state index in [1.54, 1.807) is 12.1 Å². The number of thiophene rings is 1. The van der Waals surface area contributed by atoms with Crippen molar-refractivity contribution in [2.45, 2.75) is 25.5 Å². The fourth-order valence-electron chi connectivity index (χ4n) is 1.78. The predicted octanol–water partition coefficient (Wildman–Crippen LogP) is 3.36. The quantitative estimate of drug-likeness (QED) is 0.917. The van der Waals surface area contributed by atoms with Gasteiger partial charge in [-0.3, -0.25) is 4.79 Å². The van der Waals surface area contributed by atoms with Gasteiger partial charge in [-0.15, -0.1) is 11.3 Å². The van der Waals surface area contributed by atoms with Gasteiger partial charge < -0.3 is 10.1 Å². The van der Waals surface area contributed by atoms with E-state index in [-0.39, 0.29) is 11.7 Å². The molecule has 1 aromatic carbocycles. The molecule has 0 spiro atoms. The van der Waals surface area contributed by atoms with Crippen LogP contribution in [0.3, 0.4) is 0 Å². The molecule has 3 nitrogen and oxygen atoms in total. The molecule has 1 N–H and O–H groups in total. The number of benzene rings is 1. The van der Waals surface area contributed by atoms with Crippen molar-refractivity contribution in [1.29, 1.82) is 0 Å². The van der Waals surface area contributed by atoms with E-state index in [4.69, 9.17) is 4.74 Å². The Morgan fingerprint density at radius 3 is 3.00 bits per heavy atom. The first-order valence-corrected chi connectivity index (χ1v) is 7.35. The number of carbonyl (C=O) groups excluding carboxylic acids is 1. The molecule has 1 heterocycles. The van der Waals surface area contributed by atoms with Crippen LogP contribution < -0.4 is 10.1 Å². The van der Waals surface area contributed by atoms with E-state index in [1.807, 2.05) is 11.4 Å². The Labute approximate surface area is 120 Å². The van der Waals surface area contributed by atoms with Crippen LogP contribution in [0, 0.1) is 5.82 Å². The summed E-state index contributed by atoms with van der Waals surface area (Å²) < 4.78 is 18.5. The number of hydrogen-bond acceptors (Lipinski definition) is 3. The number of nitrogens with one attached hydrogen (secondary N) is 1. The highest BCUT2D eigenvalue weighted by atomic mass is 32.1. The zero-order chi connectivity index (χ0) is 13.9. The van der Waals surface area contributed by atoms with Crippen molar-refractivity contribution in [1.82, 2.24) is 5.32 Å². The monoisotopic (exact) mass is 291 g/mol. The van der Waals surface area contributed by atoms with Gasteiger partial charge in [-0.05, 0) is 36.4 Å². The van der Waals surface area contributed by atoms with Crippen molar-refractivity contribution in [2.75, 3.05) is 0 Å². The third-order valence-corrected chi connectivity index (χ3v) is 3.97. The van der Waals surface area contributed by atoms with Gasteiger partial charge in [-0.25, -0.2) is 4.39 Å². The minimum atomic E-state index is -0.322. The Balaban J connectivity index is 1.58. The normalized spacial score (nSPS) is 14.1. The van der Waals surface area contributed by atoms with Crippen molar-refractivity contribution < 1.29 is 13.9 Å². The molecule has 0 aliphatic heterocycles. The Hall–Kier alpha value is -1.88.